The first-order valence-electron chi connectivity index (χ1n) is 8.89. The minimum Gasteiger partial charge on any atom is -0.385 e. The maximum Gasteiger partial charge on any atom is 0.315 e. The Morgan fingerprint density at radius 1 is 1.36 bits per heavy atom. The first-order chi connectivity index (χ1) is 12.3. The number of amides is 2. The molecule has 1 aliphatic carbocycles. The fraction of sp³-hybridized carbons (Fsp3) is 0.474. The number of ether oxygens (including phenoxy) is 1. The molecule has 0 fully saturated rings. The normalized spacial score (nSPS) is 16.3. The van der Waals surface area contributed by atoms with Crippen LogP contribution in [0.1, 0.15) is 42.1 Å². The highest BCUT2D eigenvalue weighted by Gasteiger charge is 2.25. The summed E-state index contributed by atoms with van der Waals surface area (Å²) in [6.45, 7) is 2.04. The van der Waals surface area contributed by atoms with Crippen molar-refractivity contribution >= 4 is 6.03 Å². The smallest absolute Gasteiger partial charge is 0.315 e. The van der Waals surface area contributed by atoms with Gasteiger partial charge in [-0.2, -0.15) is 5.10 Å². The predicted octanol–water partition coefficient (Wildman–Crippen LogP) is 2.64. The second kappa shape index (κ2) is 8.67. The van der Waals surface area contributed by atoms with Crippen molar-refractivity contribution in [1.82, 2.24) is 20.4 Å². The Balaban J connectivity index is 1.61. The molecule has 1 unspecified atom stereocenters. The van der Waals surface area contributed by atoms with Gasteiger partial charge in [-0.1, -0.05) is 30.3 Å². The Morgan fingerprint density at radius 3 is 3.00 bits per heavy atom. The lowest BCUT2D eigenvalue weighted by Gasteiger charge is -2.24. The van der Waals surface area contributed by atoms with Gasteiger partial charge in [-0.05, 0) is 31.2 Å². The SMILES string of the molecule is COCCCNC(=O)NC1CCCc2c1cnn2Cc1ccccc1. The van der Waals surface area contributed by atoms with Gasteiger partial charge in [0.25, 0.3) is 0 Å². The average molecular weight is 342 g/mol. The van der Waals surface area contributed by atoms with Gasteiger partial charge in [0, 0.05) is 31.5 Å². The van der Waals surface area contributed by atoms with E-state index >= 15 is 0 Å². The van der Waals surface area contributed by atoms with E-state index in [2.05, 4.69) is 32.5 Å². The van der Waals surface area contributed by atoms with Gasteiger partial charge in [0.05, 0.1) is 18.8 Å². The van der Waals surface area contributed by atoms with Crippen LogP contribution in [-0.4, -0.2) is 36.1 Å². The molecule has 0 aliphatic heterocycles. The average Bonchev–Trinajstić information content (AvgIpc) is 3.04. The summed E-state index contributed by atoms with van der Waals surface area (Å²) in [6.07, 6.45) is 5.75. The van der Waals surface area contributed by atoms with Crippen LogP contribution >= 0.6 is 0 Å². The van der Waals surface area contributed by atoms with E-state index in [9.17, 15) is 4.79 Å². The number of carbonyl (C=O) groups is 1. The molecule has 3 rings (SSSR count). The summed E-state index contributed by atoms with van der Waals surface area (Å²) in [5.74, 6) is 0. The summed E-state index contributed by atoms with van der Waals surface area (Å²) >= 11 is 0. The second-order valence-corrected chi connectivity index (χ2v) is 6.38. The second-order valence-electron chi connectivity index (χ2n) is 6.38. The van der Waals surface area contributed by atoms with Crippen molar-refractivity contribution in [2.75, 3.05) is 20.3 Å². The largest absolute Gasteiger partial charge is 0.385 e. The Kier molecular flexibility index (Phi) is 6.06. The Hall–Kier alpha value is -2.34. The highest BCUT2D eigenvalue weighted by atomic mass is 16.5. The molecule has 0 bridgehead atoms. The number of fused-ring (bicyclic) bond motifs is 1. The topological polar surface area (TPSA) is 68.2 Å². The summed E-state index contributed by atoms with van der Waals surface area (Å²) in [5.41, 5.74) is 3.62. The molecule has 6 nitrogen and oxygen atoms in total. The van der Waals surface area contributed by atoms with Gasteiger partial charge in [-0.3, -0.25) is 4.68 Å². The fourth-order valence-electron chi connectivity index (χ4n) is 3.29. The Bertz CT molecular complexity index is 684. The van der Waals surface area contributed by atoms with Crippen LogP contribution in [0.3, 0.4) is 0 Å². The molecule has 0 spiro atoms. The van der Waals surface area contributed by atoms with E-state index in [1.54, 1.807) is 7.11 Å². The molecule has 1 aromatic carbocycles. The van der Waals surface area contributed by atoms with Crippen molar-refractivity contribution in [1.29, 1.82) is 0 Å². The lowest BCUT2D eigenvalue weighted by atomic mass is 9.93. The van der Waals surface area contributed by atoms with Crippen LogP contribution < -0.4 is 10.6 Å². The fourth-order valence-corrected chi connectivity index (χ4v) is 3.29. The van der Waals surface area contributed by atoms with E-state index in [0.29, 0.717) is 13.2 Å². The quantitative estimate of drug-likeness (QED) is 0.760. The van der Waals surface area contributed by atoms with Crippen LogP contribution in [0.25, 0.3) is 0 Å². The van der Waals surface area contributed by atoms with Crippen molar-refractivity contribution in [3.05, 3.63) is 53.3 Å². The molecule has 2 aromatic rings. The van der Waals surface area contributed by atoms with Crippen LogP contribution in [0.4, 0.5) is 4.79 Å². The van der Waals surface area contributed by atoms with Gasteiger partial charge >= 0.3 is 6.03 Å². The van der Waals surface area contributed by atoms with Crippen molar-refractivity contribution in [3.63, 3.8) is 0 Å². The Labute approximate surface area is 148 Å². The van der Waals surface area contributed by atoms with Gasteiger partial charge in [0.1, 0.15) is 0 Å². The molecule has 6 heteroatoms. The summed E-state index contributed by atoms with van der Waals surface area (Å²) in [6, 6.07) is 10.3. The third-order valence-corrected chi connectivity index (χ3v) is 4.55. The number of rotatable bonds is 7. The molecule has 1 aliphatic rings. The van der Waals surface area contributed by atoms with E-state index in [4.69, 9.17) is 4.74 Å². The zero-order chi connectivity index (χ0) is 17.5. The molecular weight excluding hydrogens is 316 g/mol. The minimum atomic E-state index is -0.121. The molecule has 2 amide bonds. The molecular formula is C19H26N4O2. The zero-order valence-electron chi connectivity index (χ0n) is 14.7. The van der Waals surface area contributed by atoms with Crippen LogP contribution in [0.2, 0.25) is 0 Å². The number of hydrogen-bond acceptors (Lipinski definition) is 3. The van der Waals surface area contributed by atoms with Gasteiger partial charge < -0.3 is 15.4 Å². The number of benzene rings is 1. The van der Waals surface area contributed by atoms with Gasteiger partial charge in [-0.25, -0.2) is 4.79 Å². The van der Waals surface area contributed by atoms with Gasteiger partial charge in [0.2, 0.25) is 0 Å². The van der Waals surface area contributed by atoms with E-state index < -0.39 is 0 Å². The third kappa shape index (κ3) is 4.60. The molecule has 0 radical (unpaired) electrons. The molecule has 1 aromatic heterocycles. The zero-order valence-corrected chi connectivity index (χ0v) is 14.7. The maximum absolute atomic E-state index is 12.1. The lowest BCUT2D eigenvalue weighted by Crippen LogP contribution is -2.39. The first-order valence-corrected chi connectivity index (χ1v) is 8.89. The third-order valence-electron chi connectivity index (χ3n) is 4.55. The van der Waals surface area contributed by atoms with E-state index in [1.807, 2.05) is 24.4 Å². The van der Waals surface area contributed by atoms with Crippen LogP contribution in [-0.2, 0) is 17.7 Å². The monoisotopic (exact) mass is 342 g/mol. The number of nitrogens with one attached hydrogen (secondary N) is 2. The summed E-state index contributed by atoms with van der Waals surface area (Å²) in [7, 11) is 1.66. The highest BCUT2D eigenvalue weighted by molar-refractivity contribution is 5.74. The van der Waals surface area contributed by atoms with Crippen molar-refractivity contribution < 1.29 is 9.53 Å². The highest BCUT2D eigenvalue weighted by Crippen LogP contribution is 2.29. The molecule has 0 saturated carbocycles. The van der Waals surface area contributed by atoms with Crippen molar-refractivity contribution in [3.8, 4) is 0 Å². The number of aromatic nitrogens is 2. The minimum absolute atomic E-state index is 0.0377. The van der Waals surface area contributed by atoms with E-state index in [0.717, 1.165) is 37.8 Å². The van der Waals surface area contributed by atoms with E-state index in [1.165, 1.54) is 11.3 Å². The molecule has 1 atom stereocenters. The van der Waals surface area contributed by atoms with Crippen molar-refractivity contribution in [2.24, 2.45) is 0 Å². The summed E-state index contributed by atoms with van der Waals surface area (Å²) in [5, 5.41) is 10.5. The van der Waals surface area contributed by atoms with E-state index in [-0.39, 0.29) is 12.1 Å². The first kappa shape index (κ1) is 17.5. The Morgan fingerprint density at radius 2 is 2.20 bits per heavy atom. The van der Waals surface area contributed by atoms with Crippen molar-refractivity contribution in [2.45, 2.75) is 38.3 Å². The lowest BCUT2D eigenvalue weighted by molar-refractivity contribution is 0.193. The molecule has 25 heavy (non-hydrogen) atoms. The number of hydrogen-bond donors (Lipinski definition) is 2. The van der Waals surface area contributed by atoms with Gasteiger partial charge in [0.15, 0.2) is 0 Å². The van der Waals surface area contributed by atoms with Crippen LogP contribution in [0, 0.1) is 0 Å². The van der Waals surface area contributed by atoms with Gasteiger partial charge in [-0.15, -0.1) is 0 Å². The molecule has 1 heterocycles. The number of urea groups is 1. The summed E-state index contributed by atoms with van der Waals surface area (Å²) in [4.78, 5) is 12.1. The standard InChI is InChI=1S/C19H26N4O2/c1-25-12-6-11-20-19(24)22-17-9-5-10-18-16(17)13-21-23(18)14-15-7-3-2-4-8-15/h2-4,7-8,13,17H,5-6,9-12,14H2,1H3,(H2,20,22,24). The van der Waals surface area contributed by atoms with Crippen LogP contribution in [0.5, 0.6) is 0 Å². The molecule has 134 valence electrons. The maximum atomic E-state index is 12.1. The summed E-state index contributed by atoms with van der Waals surface area (Å²) < 4.78 is 7.05. The number of carbonyl (C=O) groups excluding carboxylic acids is 1. The molecule has 0 saturated heterocycles. The number of methoxy groups -OCH3 is 1. The van der Waals surface area contributed by atoms with Crippen LogP contribution in [0.15, 0.2) is 36.5 Å². The predicted molar refractivity (Wildman–Crippen MR) is 96.5 cm³/mol. The molecule has 2 N–H and O–H groups in total. The number of nitrogens with zero attached hydrogens (tertiary/aromatic N) is 2.